The van der Waals surface area contributed by atoms with Crippen LogP contribution in [0.25, 0.3) is 39.6 Å². The van der Waals surface area contributed by atoms with Crippen molar-refractivity contribution in [3.05, 3.63) is 114 Å². The average Bonchev–Trinajstić information content (AvgIpc) is 3.08. The number of fused-ring (bicyclic) bond motifs is 3. The monoisotopic (exact) mass is 345 g/mol. The summed E-state index contributed by atoms with van der Waals surface area (Å²) < 4.78 is 2.34. The van der Waals surface area contributed by atoms with E-state index in [1.165, 1.54) is 38.6 Å². The van der Waals surface area contributed by atoms with Crippen LogP contribution in [-0.2, 0) is 0 Å². The molecule has 1 nitrogen and oxygen atoms in total. The Balaban J connectivity index is 1.58. The largest absolute Gasteiger partial charge is 0.309 e. The molecule has 4 aromatic carbocycles. The van der Waals surface area contributed by atoms with Crippen LogP contribution >= 0.6 is 0 Å². The highest BCUT2D eigenvalue weighted by molar-refractivity contribution is 6.09. The van der Waals surface area contributed by atoms with Gasteiger partial charge in [-0.25, -0.2) is 0 Å². The van der Waals surface area contributed by atoms with E-state index >= 15 is 0 Å². The fourth-order valence-electron chi connectivity index (χ4n) is 3.69. The SMILES string of the molecule is C(=C/c1ccc(-n2c3ccccc3c3ccccc32)cc1)/c1ccccc1. The number of hydrogen-bond acceptors (Lipinski definition) is 0. The van der Waals surface area contributed by atoms with E-state index in [0.717, 1.165) is 0 Å². The second kappa shape index (κ2) is 6.62. The van der Waals surface area contributed by atoms with Gasteiger partial charge in [0.25, 0.3) is 0 Å². The van der Waals surface area contributed by atoms with Gasteiger partial charge >= 0.3 is 0 Å². The van der Waals surface area contributed by atoms with Crippen LogP contribution in [0.1, 0.15) is 11.1 Å². The molecule has 5 aromatic rings. The van der Waals surface area contributed by atoms with Gasteiger partial charge in [-0.3, -0.25) is 0 Å². The Morgan fingerprint density at radius 1 is 0.444 bits per heavy atom. The van der Waals surface area contributed by atoms with Crippen molar-refractivity contribution >= 4 is 34.0 Å². The minimum atomic E-state index is 1.18. The van der Waals surface area contributed by atoms with E-state index in [1.54, 1.807) is 0 Å². The molecule has 0 atom stereocenters. The molecular formula is C26H19N. The quantitative estimate of drug-likeness (QED) is 0.312. The highest BCUT2D eigenvalue weighted by atomic mass is 15.0. The van der Waals surface area contributed by atoms with Gasteiger partial charge in [0.15, 0.2) is 0 Å². The predicted octanol–water partition coefficient (Wildman–Crippen LogP) is 6.95. The Bertz CT molecular complexity index is 1190. The molecule has 27 heavy (non-hydrogen) atoms. The first kappa shape index (κ1) is 15.7. The van der Waals surface area contributed by atoms with Crippen LogP contribution in [0.2, 0.25) is 0 Å². The molecule has 5 rings (SSSR count). The third-order valence-electron chi connectivity index (χ3n) is 5.00. The number of nitrogens with zero attached hydrogens (tertiary/aromatic N) is 1. The fourth-order valence-corrected chi connectivity index (χ4v) is 3.69. The summed E-state index contributed by atoms with van der Waals surface area (Å²) in [4.78, 5) is 0. The molecule has 128 valence electrons. The predicted molar refractivity (Wildman–Crippen MR) is 116 cm³/mol. The lowest BCUT2D eigenvalue weighted by atomic mass is 10.1. The number of aromatic nitrogens is 1. The van der Waals surface area contributed by atoms with Gasteiger partial charge in [0.2, 0.25) is 0 Å². The number of benzene rings is 4. The van der Waals surface area contributed by atoms with Gasteiger partial charge in [-0.2, -0.15) is 0 Å². The Hall–Kier alpha value is -3.58. The molecule has 0 unspecified atom stereocenters. The molecule has 0 aliphatic rings. The molecule has 1 heterocycles. The van der Waals surface area contributed by atoms with Crippen molar-refractivity contribution < 1.29 is 0 Å². The minimum Gasteiger partial charge on any atom is -0.309 e. The Kier molecular flexibility index (Phi) is 3.84. The molecule has 0 fully saturated rings. The van der Waals surface area contributed by atoms with Gasteiger partial charge in [-0.1, -0.05) is 91.0 Å². The van der Waals surface area contributed by atoms with Crippen molar-refractivity contribution in [2.45, 2.75) is 0 Å². The molecule has 0 spiro atoms. The second-order valence-corrected chi connectivity index (χ2v) is 6.71. The Labute approximate surface area is 158 Å². The van der Waals surface area contributed by atoms with Crippen molar-refractivity contribution in [3.8, 4) is 5.69 Å². The first-order chi connectivity index (χ1) is 13.4. The zero-order chi connectivity index (χ0) is 18.1. The van der Waals surface area contributed by atoms with E-state index in [4.69, 9.17) is 0 Å². The maximum atomic E-state index is 2.34. The molecule has 1 aromatic heterocycles. The first-order valence-corrected chi connectivity index (χ1v) is 9.22. The lowest BCUT2D eigenvalue weighted by Crippen LogP contribution is -1.93. The minimum absolute atomic E-state index is 1.18. The van der Waals surface area contributed by atoms with Crippen LogP contribution in [0.3, 0.4) is 0 Å². The van der Waals surface area contributed by atoms with E-state index in [-0.39, 0.29) is 0 Å². The summed E-state index contributed by atoms with van der Waals surface area (Å²) in [7, 11) is 0. The third-order valence-corrected chi connectivity index (χ3v) is 5.00. The fraction of sp³-hybridized carbons (Fsp3) is 0. The summed E-state index contributed by atoms with van der Waals surface area (Å²) in [6, 6.07) is 36.4. The average molecular weight is 345 g/mol. The van der Waals surface area contributed by atoms with Gasteiger partial charge < -0.3 is 4.57 Å². The Morgan fingerprint density at radius 3 is 1.52 bits per heavy atom. The van der Waals surface area contributed by atoms with Crippen molar-refractivity contribution in [1.29, 1.82) is 0 Å². The number of rotatable bonds is 3. The van der Waals surface area contributed by atoms with Crippen molar-refractivity contribution in [1.82, 2.24) is 4.57 Å². The highest BCUT2D eigenvalue weighted by Crippen LogP contribution is 2.31. The van der Waals surface area contributed by atoms with E-state index < -0.39 is 0 Å². The molecule has 0 aliphatic heterocycles. The van der Waals surface area contributed by atoms with E-state index in [0.29, 0.717) is 0 Å². The zero-order valence-electron chi connectivity index (χ0n) is 14.9. The molecule has 0 bridgehead atoms. The summed E-state index contributed by atoms with van der Waals surface area (Å²) in [5.74, 6) is 0. The number of hydrogen-bond donors (Lipinski definition) is 0. The van der Waals surface area contributed by atoms with E-state index in [1.807, 2.05) is 6.07 Å². The summed E-state index contributed by atoms with van der Waals surface area (Å²) in [5, 5.41) is 2.59. The van der Waals surface area contributed by atoms with Crippen LogP contribution in [-0.4, -0.2) is 4.57 Å². The standard InChI is InChI=1S/C26H19N/c1-2-8-20(9-3-1)14-15-21-16-18-22(19-17-21)27-25-12-6-4-10-23(25)24-11-5-7-13-26(24)27/h1-19H/b15-14-. The summed E-state index contributed by atoms with van der Waals surface area (Å²) in [6.45, 7) is 0. The van der Waals surface area contributed by atoms with Crippen LogP contribution in [0.4, 0.5) is 0 Å². The molecule has 0 radical (unpaired) electrons. The molecule has 0 saturated heterocycles. The lowest BCUT2D eigenvalue weighted by molar-refractivity contribution is 1.18. The van der Waals surface area contributed by atoms with Crippen molar-refractivity contribution in [2.75, 3.05) is 0 Å². The summed E-state index contributed by atoms with van der Waals surface area (Å²) >= 11 is 0. The highest BCUT2D eigenvalue weighted by Gasteiger charge is 2.10. The van der Waals surface area contributed by atoms with Crippen molar-refractivity contribution in [2.24, 2.45) is 0 Å². The second-order valence-electron chi connectivity index (χ2n) is 6.71. The summed E-state index contributed by atoms with van der Waals surface area (Å²) in [5.41, 5.74) is 6.08. The van der Waals surface area contributed by atoms with Gasteiger partial charge in [-0.05, 0) is 35.4 Å². The normalized spacial score (nSPS) is 11.6. The van der Waals surface area contributed by atoms with Crippen LogP contribution in [0.15, 0.2) is 103 Å². The molecule has 0 aliphatic carbocycles. The molecule has 0 amide bonds. The number of para-hydroxylation sites is 2. The van der Waals surface area contributed by atoms with Gasteiger partial charge in [0.05, 0.1) is 11.0 Å². The molecule has 0 saturated carbocycles. The molecule has 0 N–H and O–H groups in total. The van der Waals surface area contributed by atoms with Gasteiger partial charge in [0, 0.05) is 16.5 Å². The van der Waals surface area contributed by atoms with Crippen LogP contribution < -0.4 is 0 Å². The maximum absolute atomic E-state index is 2.34. The van der Waals surface area contributed by atoms with Crippen LogP contribution in [0.5, 0.6) is 0 Å². The van der Waals surface area contributed by atoms with E-state index in [2.05, 4.69) is 114 Å². The molecule has 1 heteroatoms. The maximum Gasteiger partial charge on any atom is 0.0541 e. The lowest BCUT2D eigenvalue weighted by Gasteiger charge is -2.08. The van der Waals surface area contributed by atoms with Gasteiger partial charge in [0.1, 0.15) is 0 Å². The van der Waals surface area contributed by atoms with Crippen LogP contribution in [0, 0.1) is 0 Å². The first-order valence-electron chi connectivity index (χ1n) is 9.22. The van der Waals surface area contributed by atoms with Crippen molar-refractivity contribution in [3.63, 3.8) is 0 Å². The Morgan fingerprint density at radius 2 is 0.926 bits per heavy atom. The third kappa shape index (κ3) is 2.84. The smallest absolute Gasteiger partial charge is 0.0541 e. The molecular weight excluding hydrogens is 326 g/mol. The van der Waals surface area contributed by atoms with Gasteiger partial charge in [-0.15, -0.1) is 0 Å². The topological polar surface area (TPSA) is 4.93 Å². The zero-order valence-corrected chi connectivity index (χ0v) is 14.9. The van der Waals surface area contributed by atoms with E-state index in [9.17, 15) is 0 Å². The summed E-state index contributed by atoms with van der Waals surface area (Å²) in [6.07, 6.45) is 4.31.